The Balaban J connectivity index is 2.13. The van der Waals surface area contributed by atoms with Gasteiger partial charge in [0.25, 0.3) is 0 Å². The van der Waals surface area contributed by atoms with E-state index in [1.165, 1.54) is 9.79 Å². The number of hydrogen-bond acceptors (Lipinski definition) is 3. The largest absolute Gasteiger partial charge is 0.397 e. The first-order chi connectivity index (χ1) is 7.74. The maximum absolute atomic E-state index is 5.94. The fraction of sp³-hybridized carbons (Fsp3) is 0. The number of halogens is 1. The van der Waals surface area contributed by atoms with E-state index in [1.54, 1.807) is 11.8 Å². The molecule has 2 nitrogen and oxygen atoms in total. The van der Waals surface area contributed by atoms with Gasteiger partial charge < -0.3 is 11.1 Å². The molecular weight excluding hydrogens is 284 g/mol. The second kappa shape index (κ2) is 3.71. The molecule has 0 saturated carbocycles. The van der Waals surface area contributed by atoms with Crippen molar-refractivity contribution in [2.45, 2.75) is 9.79 Å². The molecule has 16 heavy (non-hydrogen) atoms. The molecule has 80 valence electrons. The fourth-order valence-corrected chi connectivity index (χ4v) is 3.29. The van der Waals surface area contributed by atoms with Crippen molar-refractivity contribution >= 4 is 44.8 Å². The lowest BCUT2D eigenvalue weighted by Gasteiger charge is -2.22. The standard InChI is InChI=1S/C12H9BrN2S/c13-7-4-5-9-11(6-7)16-10-3-1-2-8(14)12(10)15-9/h1-6,15H,14H2. The fourth-order valence-electron chi connectivity index (χ4n) is 1.70. The van der Waals surface area contributed by atoms with E-state index in [9.17, 15) is 0 Å². The smallest absolute Gasteiger partial charge is 0.0759 e. The molecule has 0 fully saturated rings. The Bertz CT molecular complexity index is 569. The van der Waals surface area contributed by atoms with E-state index in [0.29, 0.717) is 0 Å². The number of benzene rings is 2. The highest BCUT2D eigenvalue weighted by Gasteiger charge is 2.17. The molecular formula is C12H9BrN2S. The number of nitrogens with one attached hydrogen (secondary N) is 1. The molecule has 0 unspecified atom stereocenters. The van der Waals surface area contributed by atoms with E-state index < -0.39 is 0 Å². The van der Waals surface area contributed by atoms with Gasteiger partial charge in [-0.3, -0.25) is 0 Å². The minimum Gasteiger partial charge on any atom is -0.397 e. The van der Waals surface area contributed by atoms with Gasteiger partial charge in [0.2, 0.25) is 0 Å². The van der Waals surface area contributed by atoms with E-state index in [1.807, 2.05) is 18.2 Å². The Morgan fingerprint density at radius 1 is 1.12 bits per heavy atom. The molecule has 0 spiro atoms. The summed E-state index contributed by atoms with van der Waals surface area (Å²) in [4.78, 5) is 2.39. The van der Waals surface area contributed by atoms with Crippen LogP contribution >= 0.6 is 27.7 Å². The van der Waals surface area contributed by atoms with Crippen LogP contribution in [0, 0.1) is 0 Å². The number of hydrogen-bond donors (Lipinski definition) is 2. The second-order valence-electron chi connectivity index (χ2n) is 3.59. The van der Waals surface area contributed by atoms with Crippen LogP contribution in [0.3, 0.4) is 0 Å². The van der Waals surface area contributed by atoms with E-state index in [0.717, 1.165) is 21.5 Å². The van der Waals surface area contributed by atoms with Gasteiger partial charge in [-0.1, -0.05) is 33.8 Å². The number of anilines is 3. The summed E-state index contributed by atoms with van der Waals surface area (Å²) in [6.07, 6.45) is 0. The number of fused-ring (bicyclic) bond motifs is 2. The second-order valence-corrected chi connectivity index (χ2v) is 5.59. The Kier molecular flexibility index (Phi) is 2.33. The van der Waals surface area contributed by atoms with Crippen molar-refractivity contribution in [1.82, 2.24) is 0 Å². The van der Waals surface area contributed by atoms with Crippen molar-refractivity contribution < 1.29 is 0 Å². The Hall–Kier alpha value is -1.13. The van der Waals surface area contributed by atoms with Crippen molar-refractivity contribution in [1.29, 1.82) is 0 Å². The monoisotopic (exact) mass is 292 g/mol. The van der Waals surface area contributed by atoms with Crippen molar-refractivity contribution in [3.63, 3.8) is 0 Å². The van der Waals surface area contributed by atoms with Crippen LogP contribution in [-0.4, -0.2) is 0 Å². The molecule has 0 radical (unpaired) electrons. The minimum atomic E-state index is 0.790. The number of rotatable bonds is 0. The average Bonchev–Trinajstić information content (AvgIpc) is 2.27. The van der Waals surface area contributed by atoms with E-state index in [-0.39, 0.29) is 0 Å². The van der Waals surface area contributed by atoms with Crippen molar-refractivity contribution in [3.05, 3.63) is 40.9 Å². The molecule has 0 saturated heterocycles. The first-order valence-electron chi connectivity index (χ1n) is 4.87. The number of para-hydroxylation sites is 1. The molecule has 0 amide bonds. The van der Waals surface area contributed by atoms with Gasteiger partial charge in [-0.05, 0) is 30.3 Å². The third-order valence-electron chi connectivity index (χ3n) is 2.48. The van der Waals surface area contributed by atoms with Crippen LogP contribution < -0.4 is 11.1 Å². The highest BCUT2D eigenvalue weighted by molar-refractivity contribution is 9.10. The van der Waals surface area contributed by atoms with Gasteiger partial charge >= 0.3 is 0 Å². The highest BCUT2D eigenvalue weighted by Crippen LogP contribution is 2.46. The summed E-state index contributed by atoms with van der Waals surface area (Å²) in [5.41, 5.74) is 8.86. The van der Waals surface area contributed by atoms with Crippen LogP contribution in [0.2, 0.25) is 0 Å². The lowest BCUT2D eigenvalue weighted by molar-refractivity contribution is 1.31. The third-order valence-corrected chi connectivity index (χ3v) is 4.09. The highest BCUT2D eigenvalue weighted by atomic mass is 79.9. The van der Waals surface area contributed by atoms with Crippen molar-refractivity contribution in [2.75, 3.05) is 11.1 Å². The molecule has 4 heteroatoms. The molecule has 1 heterocycles. The number of nitrogens with two attached hydrogens (primary N) is 1. The van der Waals surface area contributed by atoms with Crippen molar-refractivity contribution in [2.24, 2.45) is 0 Å². The lowest BCUT2D eigenvalue weighted by atomic mass is 10.2. The predicted molar refractivity (Wildman–Crippen MR) is 72.4 cm³/mol. The Morgan fingerprint density at radius 2 is 2.00 bits per heavy atom. The zero-order valence-electron chi connectivity index (χ0n) is 8.33. The molecule has 3 N–H and O–H groups in total. The SMILES string of the molecule is Nc1cccc2c1Nc1ccc(Br)cc1S2. The number of nitrogen functional groups attached to an aromatic ring is 1. The third kappa shape index (κ3) is 1.58. The predicted octanol–water partition coefficient (Wildman–Crippen LogP) is 4.24. The summed E-state index contributed by atoms with van der Waals surface area (Å²) < 4.78 is 1.09. The molecule has 0 bridgehead atoms. The molecule has 0 atom stereocenters. The van der Waals surface area contributed by atoms with Crippen LogP contribution in [0.5, 0.6) is 0 Å². The summed E-state index contributed by atoms with van der Waals surface area (Å²) in [7, 11) is 0. The molecule has 2 aromatic rings. The van der Waals surface area contributed by atoms with Crippen LogP contribution in [-0.2, 0) is 0 Å². The van der Waals surface area contributed by atoms with E-state index in [4.69, 9.17) is 5.73 Å². The van der Waals surface area contributed by atoms with Gasteiger partial charge in [0.1, 0.15) is 0 Å². The van der Waals surface area contributed by atoms with Gasteiger partial charge in [0.15, 0.2) is 0 Å². The molecule has 1 aliphatic heterocycles. The van der Waals surface area contributed by atoms with E-state index in [2.05, 4.69) is 39.4 Å². The molecule has 2 aromatic carbocycles. The summed E-state index contributed by atoms with van der Waals surface area (Å²) in [5.74, 6) is 0. The van der Waals surface area contributed by atoms with Gasteiger partial charge in [-0.15, -0.1) is 0 Å². The van der Waals surface area contributed by atoms with Crippen LogP contribution in [0.1, 0.15) is 0 Å². The van der Waals surface area contributed by atoms with Gasteiger partial charge in [-0.2, -0.15) is 0 Å². The molecule has 3 rings (SSSR count). The normalized spacial score (nSPS) is 12.6. The van der Waals surface area contributed by atoms with Crippen LogP contribution in [0.4, 0.5) is 17.1 Å². The Labute approximate surface area is 106 Å². The van der Waals surface area contributed by atoms with Crippen LogP contribution in [0.25, 0.3) is 0 Å². The quantitative estimate of drug-likeness (QED) is 0.609. The lowest BCUT2D eigenvalue weighted by Crippen LogP contribution is -2.02. The van der Waals surface area contributed by atoms with Crippen molar-refractivity contribution in [3.8, 4) is 0 Å². The van der Waals surface area contributed by atoms with Gasteiger partial charge in [-0.25, -0.2) is 0 Å². The summed E-state index contributed by atoms with van der Waals surface area (Å²) in [6.45, 7) is 0. The zero-order chi connectivity index (χ0) is 11.1. The molecule has 0 aliphatic carbocycles. The Morgan fingerprint density at radius 3 is 2.88 bits per heavy atom. The first-order valence-corrected chi connectivity index (χ1v) is 6.48. The summed E-state index contributed by atoms with van der Waals surface area (Å²) >= 11 is 5.22. The van der Waals surface area contributed by atoms with Gasteiger partial charge in [0.05, 0.1) is 17.1 Å². The summed E-state index contributed by atoms with van der Waals surface area (Å²) in [6, 6.07) is 12.2. The van der Waals surface area contributed by atoms with Gasteiger partial charge in [0, 0.05) is 14.3 Å². The maximum atomic E-state index is 5.94. The zero-order valence-corrected chi connectivity index (χ0v) is 10.7. The topological polar surface area (TPSA) is 38.0 Å². The minimum absolute atomic E-state index is 0.790. The maximum Gasteiger partial charge on any atom is 0.0759 e. The average molecular weight is 293 g/mol. The summed E-state index contributed by atoms with van der Waals surface area (Å²) in [5, 5.41) is 3.37. The van der Waals surface area contributed by atoms with E-state index >= 15 is 0 Å². The van der Waals surface area contributed by atoms with Crippen LogP contribution in [0.15, 0.2) is 50.7 Å². The molecule has 0 aromatic heterocycles. The molecule has 1 aliphatic rings. The first kappa shape index (κ1) is 10.1.